The third-order valence-electron chi connectivity index (χ3n) is 8.43. The van der Waals surface area contributed by atoms with E-state index in [0.29, 0.717) is 30.4 Å². The Hall–Kier alpha value is -3.47. The molecule has 1 saturated carbocycles. The van der Waals surface area contributed by atoms with E-state index in [0.717, 1.165) is 43.1 Å². The van der Waals surface area contributed by atoms with E-state index in [1.165, 1.54) is 10.5 Å². The molecule has 11 heteroatoms. The van der Waals surface area contributed by atoms with Crippen molar-refractivity contribution < 1.29 is 19.7 Å². The molecule has 1 aliphatic carbocycles. The predicted octanol–water partition coefficient (Wildman–Crippen LogP) is 4.53. The van der Waals surface area contributed by atoms with Crippen LogP contribution >= 0.6 is 0 Å². The maximum atomic E-state index is 11.2. The third-order valence-corrected chi connectivity index (χ3v) is 8.43. The molecule has 0 radical (unpaired) electrons. The molecule has 1 saturated heterocycles. The average molecular weight is 538 g/mol. The topological polar surface area (TPSA) is 131 Å². The lowest BCUT2D eigenvalue weighted by molar-refractivity contribution is -0.0248. The maximum Gasteiger partial charge on any atom is 0.407 e. The Balaban J connectivity index is 1.19. The van der Waals surface area contributed by atoms with Crippen molar-refractivity contribution in [3.8, 4) is 5.75 Å². The highest BCUT2D eigenvalue weighted by atomic mass is 16.5. The number of aromatic nitrogens is 6. The van der Waals surface area contributed by atoms with Gasteiger partial charge in [-0.2, -0.15) is 0 Å². The highest BCUT2D eigenvalue weighted by molar-refractivity contribution is 5.65. The number of carboxylic acid groups (broad SMARTS) is 1. The van der Waals surface area contributed by atoms with E-state index in [4.69, 9.17) is 4.74 Å². The number of hydrogen-bond acceptors (Lipinski definition) is 7. The van der Waals surface area contributed by atoms with Crippen LogP contribution in [0.3, 0.4) is 0 Å². The summed E-state index contributed by atoms with van der Waals surface area (Å²) in [5, 5.41) is 37.9. The van der Waals surface area contributed by atoms with E-state index < -0.39 is 11.7 Å². The van der Waals surface area contributed by atoms with E-state index in [1.807, 2.05) is 37.0 Å². The van der Waals surface area contributed by atoms with Crippen LogP contribution in [0.5, 0.6) is 5.75 Å². The van der Waals surface area contributed by atoms with Gasteiger partial charge in [-0.3, -0.25) is 0 Å². The number of benzene rings is 1. The summed E-state index contributed by atoms with van der Waals surface area (Å²) in [4.78, 5) is 12.5. The molecule has 1 amide bonds. The smallest absolute Gasteiger partial charge is 0.407 e. The Morgan fingerprint density at radius 1 is 1.08 bits per heavy atom. The number of likely N-dealkylation sites (tertiary alicyclic amines) is 1. The van der Waals surface area contributed by atoms with Crippen LogP contribution < -0.4 is 4.74 Å². The summed E-state index contributed by atoms with van der Waals surface area (Å²) in [6.07, 6.45) is 5.07. The Bertz CT molecular complexity index is 1290. The van der Waals surface area contributed by atoms with E-state index >= 15 is 0 Å². The minimum Gasteiger partial charge on any atom is -0.483 e. The van der Waals surface area contributed by atoms with Crippen LogP contribution in [0.1, 0.15) is 106 Å². The van der Waals surface area contributed by atoms with Gasteiger partial charge in [0.1, 0.15) is 22.9 Å². The number of piperidine rings is 1. The van der Waals surface area contributed by atoms with E-state index in [-0.39, 0.29) is 25.2 Å². The maximum absolute atomic E-state index is 11.2. The minimum atomic E-state index is -1.13. The quantitative estimate of drug-likeness (QED) is 0.449. The molecule has 3 heterocycles. The van der Waals surface area contributed by atoms with Gasteiger partial charge in [-0.15, -0.1) is 15.3 Å². The molecule has 1 atom stereocenters. The lowest BCUT2D eigenvalue weighted by Gasteiger charge is -2.35. The van der Waals surface area contributed by atoms with Gasteiger partial charge in [0.25, 0.3) is 0 Å². The fraction of sp³-hybridized carbons (Fsp3) is 0.607. The van der Waals surface area contributed by atoms with Crippen molar-refractivity contribution >= 4 is 6.09 Å². The summed E-state index contributed by atoms with van der Waals surface area (Å²) >= 11 is 0. The molecular formula is C28H39N7O4. The van der Waals surface area contributed by atoms with Crippen molar-refractivity contribution in [1.29, 1.82) is 0 Å². The Labute approximate surface area is 228 Å². The number of nitrogens with zero attached hydrogens (tertiary/aromatic N) is 7. The molecule has 2 aliphatic rings. The van der Waals surface area contributed by atoms with Crippen LogP contribution in [-0.4, -0.2) is 64.1 Å². The molecule has 39 heavy (non-hydrogen) atoms. The molecule has 2 N–H and O–H groups in total. The number of rotatable bonds is 7. The monoisotopic (exact) mass is 537 g/mol. The molecule has 2 aromatic heterocycles. The van der Waals surface area contributed by atoms with Gasteiger partial charge in [-0.05, 0) is 69.1 Å². The van der Waals surface area contributed by atoms with Crippen molar-refractivity contribution in [1.82, 2.24) is 34.7 Å². The number of carbonyl (C=O) groups is 1. The second-order valence-electron chi connectivity index (χ2n) is 11.4. The highest BCUT2D eigenvalue weighted by Crippen LogP contribution is 2.39. The van der Waals surface area contributed by atoms with Crippen LogP contribution in [0.4, 0.5) is 4.79 Å². The number of aliphatic hydroxyl groups is 1. The van der Waals surface area contributed by atoms with Gasteiger partial charge in [0, 0.05) is 26.1 Å². The summed E-state index contributed by atoms with van der Waals surface area (Å²) in [7, 11) is 2.02. The summed E-state index contributed by atoms with van der Waals surface area (Å²) in [5.41, 5.74) is 0.638. The largest absolute Gasteiger partial charge is 0.483 e. The second-order valence-corrected chi connectivity index (χ2v) is 11.4. The number of ether oxygens (including phenoxy) is 1. The summed E-state index contributed by atoms with van der Waals surface area (Å²) in [6.45, 7) is 6.93. The van der Waals surface area contributed by atoms with Gasteiger partial charge in [0.2, 0.25) is 0 Å². The average Bonchev–Trinajstić information content (AvgIpc) is 3.57. The molecule has 0 unspecified atom stereocenters. The molecule has 1 aliphatic heterocycles. The van der Waals surface area contributed by atoms with Crippen LogP contribution in [0, 0.1) is 0 Å². The van der Waals surface area contributed by atoms with Crippen LogP contribution in [0.15, 0.2) is 30.5 Å². The molecule has 5 rings (SSSR count). The zero-order chi connectivity index (χ0) is 27.7. The first-order valence-corrected chi connectivity index (χ1v) is 13.9. The second kappa shape index (κ2) is 11.0. The molecule has 210 valence electrons. The number of hydrogen-bond donors (Lipinski definition) is 2. The van der Waals surface area contributed by atoms with E-state index in [2.05, 4.69) is 51.1 Å². The first-order chi connectivity index (χ1) is 18.6. The fourth-order valence-corrected chi connectivity index (χ4v) is 5.86. The van der Waals surface area contributed by atoms with Crippen molar-refractivity contribution in [2.75, 3.05) is 13.1 Å². The van der Waals surface area contributed by atoms with Gasteiger partial charge in [-0.1, -0.05) is 31.2 Å². The summed E-state index contributed by atoms with van der Waals surface area (Å²) < 4.78 is 10.2. The third kappa shape index (κ3) is 5.63. The zero-order valence-corrected chi connectivity index (χ0v) is 23.2. The van der Waals surface area contributed by atoms with Gasteiger partial charge in [0.15, 0.2) is 11.9 Å². The molecular weight excluding hydrogens is 498 g/mol. The first-order valence-electron chi connectivity index (χ1n) is 13.9. The van der Waals surface area contributed by atoms with Crippen molar-refractivity contribution in [2.24, 2.45) is 7.05 Å². The predicted molar refractivity (Wildman–Crippen MR) is 144 cm³/mol. The molecule has 11 nitrogen and oxygen atoms in total. The Morgan fingerprint density at radius 3 is 2.46 bits per heavy atom. The molecule has 3 aromatic rings. The molecule has 0 spiro atoms. The van der Waals surface area contributed by atoms with Gasteiger partial charge < -0.3 is 24.4 Å². The van der Waals surface area contributed by atoms with Crippen LogP contribution in [-0.2, 0) is 12.6 Å². The van der Waals surface area contributed by atoms with Crippen molar-refractivity contribution in [2.45, 2.75) is 88.9 Å². The number of amides is 1. The molecule has 2 fully saturated rings. The van der Waals surface area contributed by atoms with Gasteiger partial charge in [0.05, 0.1) is 12.2 Å². The van der Waals surface area contributed by atoms with Crippen molar-refractivity contribution in [3.63, 3.8) is 0 Å². The SMILES string of the molecule is CC(C)c1cccc(O[C@H](C)c2nnc(C3CCC(n4cc(C5(O)CCN(C(=O)O)CC5)nn4)CC3)n2C)c1. The van der Waals surface area contributed by atoms with Crippen molar-refractivity contribution in [3.05, 3.63) is 53.4 Å². The molecule has 0 bridgehead atoms. The Kier molecular flexibility index (Phi) is 7.61. The normalized spacial score (nSPS) is 22.2. The van der Waals surface area contributed by atoms with E-state index in [9.17, 15) is 15.0 Å². The standard InChI is InChI=1S/C28H39N7O4/c1-18(2)21-6-5-7-23(16-21)39-19(3)25-30-31-26(33(25)4)20-8-10-22(11-9-20)35-17-24(29-32-35)28(38)12-14-34(15-13-28)27(36)37/h5-7,16-20,22,38H,8-15H2,1-4H3,(H,36,37)/t19-,20?,22?/m1/s1. The van der Waals surface area contributed by atoms with E-state index in [1.54, 1.807) is 0 Å². The fourth-order valence-electron chi connectivity index (χ4n) is 5.86. The van der Waals surface area contributed by atoms with Crippen LogP contribution in [0.25, 0.3) is 0 Å². The minimum absolute atomic E-state index is 0.202. The zero-order valence-electron chi connectivity index (χ0n) is 23.2. The first kappa shape index (κ1) is 27.1. The molecule has 1 aromatic carbocycles. The Morgan fingerprint density at radius 2 is 1.79 bits per heavy atom. The summed E-state index contributed by atoms with van der Waals surface area (Å²) in [6, 6.07) is 8.42. The lowest BCUT2D eigenvalue weighted by Crippen LogP contribution is -2.44. The summed E-state index contributed by atoms with van der Waals surface area (Å²) in [5.74, 6) is 3.37. The lowest BCUT2D eigenvalue weighted by atomic mass is 9.85. The van der Waals surface area contributed by atoms with Crippen LogP contribution in [0.2, 0.25) is 0 Å². The highest BCUT2D eigenvalue weighted by Gasteiger charge is 2.38. The van der Waals surface area contributed by atoms with Gasteiger partial charge >= 0.3 is 6.09 Å². The van der Waals surface area contributed by atoms with Gasteiger partial charge in [-0.25, -0.2) is 9.48 Å².